The van der Waals surface area contributed by atoms with Gasteiger partial charge in [0.25, 0.3) is 0 Å². The molecule has 4 nitrogen and oxygen atoms in total. The van der Waals surface area contributed by atoms with E-state index in [0.717, 1.165) is 5.56 Å². The van der Waals surface area contributed by atoms with Gasteiger partial charge in [0.05, 0.1) is 7.11 Å². The molecule has 0 aliphatic rings. The largest absolute Gasteiger partial charge is 0.467 e. The van der Waals surface area contributed by atoms with Crippen LogP contribution in [0.5, 0.6) is 0 Å². The van der Waals surface area contributed by atoms with E-state index in [9.17, 15) is 9.59 Å². The number of aryl methyl sites for hydroxylation is 2. The summed E-state index contributed by atoms with van der Waals surface area (Å²) >= 11 is 0. The molecule has 116 valence electrons. The van der Waals surface area contributed by atoms with Crippen LogP contribution in [0.25, 0.3) is 0 Å². The maximum Gasteiger partial charge on any atom is 0.328 e. The fraction of sp³-hybridized carbons (Fsp3) is 0.529. The van der Waals surface area contributed by atoms with E-state index >= 15 is 0 Å². The van der Waals surface area contributed by atoms with Crippen LogP contribution in [0, 0.1) is 12.8 Å². The Bertz CT molecular complexity index is 483. The van der Waals surface area contributed by atoms with Gasteiger partial charge in [0.2, 0.25) is 5.91 Å². The highest BCUT2D eigenvalue weighted by Crippen LogP contribution is 2.09. The lowest BCUT2D eigenvalue weighted by molar-refractivity contribution is -0.145. The summed E-state index contributed by atoms with van der Waals surface area (Å²) in [4.78, 5) is 23.7. The van der Waals surface area contributed by atoms with Gasteiger partial charge in [-0.2, -0.15) is 0 Å². The van der Waals surface area contributed by atoms with Gasteiger partial charge in [-0.15, -0.1) is 0 Å². The highest BCUT2D eigenvalue weighted by Gasteiger charge is 2.22. The van der Waals surface area contributed by atoms with Crippen LogP contribution in [-0.2, 0) is 20.7 Å². The first-order valence-electron chi connectivity index (χ1n) is 7.35. The minimum absolute atomic E-state index is 0.118. The summed E-state index contributed by atoms with van der Waals surface area (Å²) in [6, 6.07) is 7.53. The molecule has 1 aromatic carbocycles. The molecule has 1 atom stereocenters. The lowest BCUT2D eigenvalue weighted by atomic mass is 10.0. The lowest BCUT2D eigenvalue weighted by Crippen LogP contribution is -2.42. The Kier molecular flexibility index (Phi) is 6.92. The molecule has 0 aromatic heterocycles. The zero-order valence-electron chi connectivity index (χ0n) is 13.3. The van der Waals surface area contributed by atoms with E-state index in [0.29, 0.717) is 25.2 Å². The molecule has 0 aliphatic carbocycles. The molecule has 0 fully saturated rings. The predicted molar refractivity (Wildman–Crippen MR) is 82.9 cm³/mol. The number of carbonyl (C=O) groups is 2. The van der Waals surface area contributed by atoms with E-state index in [1.165, 1.54) is 12.7 Å². The van der Waals surface area contributed by atoms with Crippen molar-refractivity contribution in [2.75, 3.05) is 7.11 Å². The number of ether oxygens (including phenoxy) is 1. The van der Waals surface area contributed by atoms with Crippen molar-refractivity contribution >= 4 is 11.9 Å². The standard InChI is InChI=1S/C17H25NO3/c1-12(2)10-15(17(20)21-4)18-16(19)9-8-14-7-5-6-13(3)11-14/h5-7,11-12,15H,8-10H2,1-4H3,(H,18,19). The van der Waals surface area contributed by atoms with E-state index in [4.69, 9.17) is 4.74 Å². The predicted octanol–water partition coefficient (Wildman–Crippen LogP) is 2.63. The highest BCUT2D eigenvalue weighted by molar-refractivity contribution is 5.84. The number of esters is 1. The SMILES string of the molecule is COC(=O)C(CC(C)C)NC(=O)CCc1cccc(C)c1. The van der Waals surface area contributed by atoms with E-state index < -0.39 is 6.04 Å². The molecule has 1 amide bonds. The van der Waals surface area contributed by atoms with Crippen LogP contribution < -0.4 is 5.32 Å². The van der Waals surface area contributed by atoms with Gasteiger partial charge in [-0.05, 0) is 31.2 Å². The van der Waals surface area contributed by atoms with Gasteiger partial charge in [0, 0.05) is 6.42 Å². The first-order valence-corrected chi connectivity index (χ1v) is 7.35. The molecular formula is C17H25NO3. The Morgan fingerprint density at radius 3 is 2.57 bits per heavy atom. The van der Waals surface area contributed by atoms with E-state index in [1.54, 1.807) is 0 Å². The number of hydrogen-bond acceptors (Lipinski definition) is 3. The van der Waals surface area contributed by atoms with Gasteiger partial charge in [0.15, 0.2) is 0 Å². The van der Waals surface area contributed by atoms with E-state index in [-0.39, 0.29) is 11.9 Å². The minimum atomic E-state index is -0.556. The second-order valence-corrected chi connectivity index (χ2v) is 5.76. The van der Waals surface area contributed by atoms with Gasteiger partial charge >= 0.3 is 5.97 Å². The number of amides is 1. The minimum Gasteiger partial charge on any atom is -0.467 e. The molecule has 0 saturated heterocycles. The molecule has 0 bridgehead atoms. The molecule has 1 rings (SSSR count). The summed E-state index contributed by atoms with van der Waals surface area (Å²) in [5.41, 5.74) is 2.31. The van der Waals surface area contributed by atoms with Gasteiger partial charge < -0.3 is 10.1 Å². The maximum absolute atomic E-state index is 12.0. The number of benzene rings is 1. The molecular weight excluding hydrogens is 266 g/mol. The average Bonchev–Trinajstić information content (AvgIpc) is 2.43. The number of nitrogens with one attached hydrogen (secondary N) is 1. The Labute approximate surface area is 126 Å². The lowest BCUT2D eigenvalue weighted by Gasteiger charge is -2.18. The van der Waals surface area contributed by atoms with Crippen molar-refractivity contribution in [3.8, 4) is 0 Å². The molecule has 1 unspecified atom stereocenters. The molecule has 0 spiro atoms. The van der Waals surface area contributed by atoms with Crippen LogP contribution in [-0.4, -0.2) is 25.0 Å². The summed E-state index contributed by atoms with van der Waals surface area (Å²) in [5.74, 6) is -0.189. The first-order chi connectivity index (χ1) is 9.92. The summed E-state index contributed by atoms with van der Waals surface area (Å²) in [5, 5.41) is 2.77. The van der Waals surface area contributed by atoms with E-state index in [2.05, 4.69) is 11.4 Å². The number of rotatable bonds is 7. The smallest absolute Gasteiger partial charge is 0.328 e. The third-order valence-corrected chi connectivity index (χ3v) is 3.25. The molecule has 21 heavy (non-hydrogen) atoms. The van der Waals surface area contributed by atoms with Crippen LogP contribution in [0.3, 0.4) is 0 Å². The van der Waals surface area contributed by atoms with Crippen LogP contribution in [0.15, 0.2) is 24.3 Å². The van der Waals surface area contributed by atoms with E-state index in [1.807, 2.05) is 39.0 Å². The maximum atomic E-state index is 12.0. The van der Waals surface area contributed by atoms with Crippen molar-refractivity contribution in [3.63, 3.8) is 0 Å². The first kappa shape index (κ1) is 17.2. The molecule has 0 aliphatic heterocycles. The van der Waals surface area contributed by atoms with Crippen LogP contribution >= 0.6 is 0 Å². The van der Waals surface area contributed by atoms with Crippen molar-refractivity contribution in [2.24, 2.45) is 5.92 Å². The highest BCUT2D eigenvalue weighted by atomic mass is 16.5. The third-order valence-electron chi connectivity index (χ3n) is 3.25. The Morgan fingerprint density at radius 1 is 1.29 bits per heavy atom. The number of methoxy groups -OCH3 is 1. The fourth-order valence-electron chi connectivity index (χ4n) is 2.22. The second-order valence-electron chi connectivity index (χ2n) is 5.76. The normalized spacial score (nSPS) is 12.0. The zero-order chi connectivity index (χ0) is 15.8. The Morgan fingerprint density at radius 2 is 2.00 bits per heavy atom. The average molecular weight is 291 g/mol. The molecule has 0 radical (unpaired) electrons. The van der Waals surface area contributed by atoms with Crippen molar-refractivity contribution in [2.45, 2.75) is 46.1 Å². The Balaban J connectivity index is 2.51. The van der Waals surface area contributed by atoms with Crippen molar-refractivity contribution in [1.29, 1.82) is 0 Å². The van der Waals surface area contributed by atoms with Gasteiger partial charge in [-0.3, -0.25) is 4.79 Å². The number of carbonyl (C=O) groups excluding carboxylic acids is 2. The molecule has 0 heterocycles. The second kappa shape index (κ2) is 8.45. The zero-order valence-corrected chi connectivity index (χ0v) is 13.3. The van der Waals surface area contributed by atoms with Crippen LogP contribution in [0.4, 0.5) is 0 Å². The van der Waals surface area contributed by atoms with Crippen LogP contribution in [0.1, 0.15) is 37.8 Å². The summed E-state index contributed by atoms with van der Waals surface area (Å²) in [6.07, 6.45) is 1.63. The van der Waals surface area contributed by atoms with Crippen molar-refractivity contribution < 1.29 is 14.3 Å². The van der Waals surface area contributed by atoms with Gasteiger partial charge in [-0.1, -0.05) is 43.7 Å². The topological polar surface area (TPSA) is 55.4 Å². The summed E-state index contributed by atoms with van der Waals surface area (Å²) in [7, 11) is 1.34. The Hall–Kier alpha value is -1.84. The molecule has 1 N–H and O–H groups in total. The quantitative estimate of drug-likeness (QED) is 0.786. The van der Waals surface area contributed by atoms with Crippen molar-refractivity contribution in [3.05, 3.63) is 35.4 Å². The summed E-state index contributed by atoms with van der Waals surface area (Å²) < 4.78 is 4.74. The number of hydrogen-bond donors (Lipinski definition) is 1. The molecule has 4 heteroatoms. The third kappa shape index (κ3) is 6.43. The van der Waals surface area contributed by atoms with Gasteiger partial charge in [0.1, 0.15) is 6.04 Å². The fourth-order valence-corrected chi connectivity index (χ4v) is 2.22. The van der Waals surface area contributed by atoms with Gasteiger partial charge in [-0.25, -0.2) is 4.79 Å². The summed E-state index contributed by atoms with van der Waals surface area (Å²) in [6.45, 7) is 6.04. The monoisotopic (exact) mass is 291 g/mol. The van der Waals surface area contributed by atoms with Crippen LogP contribution in [0.2, 0.25) is 0 Å². The molecule has 1 aromatic rings. The van der Waals surface area contributed by atoms with Crippen molar-refractivity contribution in [1.82, 2.24) is 5.32 Å². The molecule has 0 saturated carbocycles.